The van der Waals surface area contributed by atoms with Crippen LogP contribution in [-0.2, 0) is 0 Å². The highest BCUT2D eigenvalue weighted by atomic mass is 28.3. The summed E-state index contributed by atoms with van der Waals surface area (Å²) < 4.78 is 2.55. The van der Waals surface area contributed by atoms with E-state index >= 15 is 0 Å². The normalized spacial score (nSPS) is 18.8. The van der Waals surface area contributed by atoms with Gasteiger partial charge in [-0.3, -0.25) is 0 Å². The van der Waals surface area contributed by atoms with Gasteiger partial charge in [-0.2, -0.15) is 0 Å². The predicted octanol–water partition coefficient (Wildman–Crippen LogP) is 2.27. The summed E-state index contributed by atoms with van der Waals surface area (Å²) in [7, 11) is -1.04. The molecule has 0 aromatic heterocycles. The smallest absolute Gasteiger partial charge is 0.245 e. The van der Waals surface area contributed by atoms with Crippen LogP contribution in [-0.4, -0.2) is 19.6 Å². The van der Waals surface area contributed by atoms with Gasteiger partial charge in [-0.15, -0.1) is 0 Å². The minimum Gasteiger partial charge on any atom is -0.449 e. The van der Waals surface area contributed by atoms with Crippen LogP contribution in [0, 0.1) is 0 Å². The van der Waals surface area contributed by atoms with E-state index in [1.54, 1.807) is 0 Å². The molecule has 0 bridgehead atoms. The average molecular weight is 153 g/mol. The van der Waals surface area contributed by atoms with E-state index in [4.69, 9.17) is 0 Å². The molecule has 1 rings (SSSR count). The molecule has 1 aliphatic rings. The van der Waals surface area contributed by atoms with E-state index in [-0.39, 0.29) is 0 Å². The first-order chi connectivity index (χ1) is 4.52. The first-order valence-electron chi connectivity index (χ1n) is 3.97. The van der Waals surface area contributed by atoms with Crippen LogP contribution in [0.3, 0.4) is 0 Å². The monoisotopic (exact) mass is 153 g/mol. The molecule has 0 spiro atoms. The van der Waals surface area contributed by atoms with Crippen molar-refractivity contribution in [3.63, 3.8) is 0 Å². The molecule has 0 aromatic rings. The topological polar surface area (TPSA) is 3.24 Å². The van der Waals surface area contributed by atoms with Gasteiger partial charge in [-0.05, 0) is 12.5 Å². The minimum atomic E-state index is -1.04. The van der Waals surface area contributed by atoms with E-state index in [0.717, 1.165) is 6.85 Å². The van der Waals surface area contributed by atoms with E-state index in [0.29, 0.717) is 0 Å². The summed E-state index contributed by atoms with van der Waals surface area (Å²) in [4.78, 5) is 0. The summed E-state index contributed by atoms with van der Waals surface area (Å²) in [5.74, 6) is 0. The van der Waals surface area contributed by atoms with Gasteiger partial charge in [-0.25, -0.2) is 0 Å². The maximum absolute atomic E-state index is 2.55. The highest BCUT2D eigenvalue weighted by Crippen LogP contribution is 2.19. The average Bonchev–Trinajstić information content (AvgIpc) is 2.11. The van der Waals surface area contributed by atoms with E-state index < -0.39 is 8.24 Å². The first-order valence-corrected chi connectivity index (χ1v) is 7.41. The second-order valence-electron chi connectivity index (χ2n) is 4.05. The largest absolute Gasteiger partial charge is 0.449 e. The summed E-state index contributed by atoms with van der Waals surface area (Å²) in [5, 5.41) is 0. The van der Waals surface area contributed by atoms with Crippen molar-refractivity contribution in [2.24, 2.45) is 0 Å². The molecule has 0 fully saturated rings. The Kier molecular flexibility index (Phi) is 1.95. The summed E-state index contributed by atoms with van der Waals surface area (Å²) >= 11 is 0. The summed E-state index contributed by atoms with van der Waals surface area (Å²) in [6.45, 7) is 10.2. The molecule has 1 heterocycles. The fraction of sp³-hybridized carbons (Fsp3) is 0.714. The van der Waals surface area contributed by atoms with Gasteiger partial charge in [0.15, 0.2) is 0 Å². The van der Waals surface area contributed by atoms with Crippen LogP contribution in [0.25, 0.3) is 0 Å². The van der Waals surface area contributed by atoms with Gasteiger partial charge in [0.2, 0.25) is 6.85 Å². The van der Waals surface area contributed by atoms with Gasteiger partial charge >= 0.3 is 0 Å². The van der Waals surface area contributed by atoms with Crippen LogP contribution in [0.4, 0.5) is 0 Å². The maximum atomic E-state index is 2.55. The molecular formula is C7H16BNSi. The van der Waals surface area contributed by atoms with Crippen LogP contribution in [0.5, 0.6) is 0 Å². The Morgan fingerprint density at radius 1 is 1.40 bits per heavy atom. The molecule has 0 N–H and O–H groups in total. The van der Waals surface area contributed by atoms with Crippen LogP contribution in [0.2, 0.25) is 32.8 Å². The van der Waals surface area contributed by atoms with Crippen molar-refractivity contribution in [2.45, 2.75) is 32.8 Å². The van der Waals surface area contributed by atoms with Crippen LogP contribution < -0.4 is 0 Å². The van der Waals surface area contributed by atoms with Gasteiger partial charge in [0.25, 0.3) is 0 Å². The molecule has 3 heteroatoms. The zero-order valence-electron chi connectivity index (χ0n) is 7.39. The van der Waals surface area contributed by atoms with Crippen molar-refractivity contribution >= 4 is 15.1 Å². The Morgan fingerprint density at radius 2 is 2.00 bits per heavy atom. The maximum Gasteiger partial charge on any atom is 0.245 e. The summed E-state index contributed by atoms with van der Waals surface area (Å²) in [5.41, 5.74) is 0. The van der Waals surface area contributed by atoms with Crippen molar-refractivity contribution in [3.05, 3.63) is 12.3 Å². The highest BCUT2D eigenvalue weighted by Gasteiger charge is 2.29. The minimum absolute atomic E-state index is 0.756. The zero-order chi connectivity index (χ0) is 7.78. The van der Waals surface area contributed by atoms with E-state index in [1.165, 1.54) is 6.32 Å². The second-order valence-corrected chi connectivity index (χ2v) is 8.91. The Balaban J connectivity index is 2.64. The molecule has 0 atom stereocenters. The standard InChI is InChI=1S/C7H16BNSi/c1-8-6-5-7-9(8)10(2,3)4/h5,7H,6H2,1-4H3. The van der Waals surface area contributed by atoms with E-state index in [2.05, 4.69) is 43.2 Å². The predicted molar refractivity (Wildman–Crippen MR) is 50.8 cm³/mol. The SMILES string of the molecule is CB1CC=CN1[Si](C)(C)C. The number of hydrogen-bond donors (Lipinski definition) is 0. The third-order valence-electron chi connectivity index (χ3n) is 1.99. The molecule has 1 nitrogen and oxygen atoms in total. The molecule has 0 unspecified atom stereocenters. The Bertz CT molecular complexity index is 150. The lowest BCUT2D eigenvalue weighted by Crippen LogP contribution is -2.47. The molecule has 10 heavy (non-hydrogen) atoms. The fourth-order valence-corrected chi connectivity index (χ4v) is 3.50. The van der Waals surface area contributed by atoms with E-state index in [9.17, 15) is 0 Å². The molecule has 0 amide bonds. The van der Waals surface area contributed by atoms with Gasteiger partial charge in [0.1, 0.15) is 8.24 Å². The Morgan fingerprint density at radius 3 is 2.20 bits per heavy atom. The Hall–Kier alpha value is -0.178. The van der Waals surface area contributed by atoms with Crippen molar-refractivity contribution in [1.82, 2.24) is 4.48 Å². The summed E-state index contributed by atoms with van der Waals surface area (Å²) in [6.07, 6.45) is 5.80. The molecule has 56 valence electrons. The van der Waals surface area contributed by atoms with Gasteiger partial charge in [-0.1, -0.05) is 32.5 Å². The van der Waals surface area contributed by atoms with Gasteiger partial charge < -0.3 is 4.48 Å². The van der Waals surface area contributed by atoms with E-state index in [1.807, 2.05) is 0 Å². The summed E-state index contributed by atoms with van der Waals surface area (Å²) in [6, 6.07) is 0. The molecule has 0 saturated carbocycles. The lowest BCUT2D eigenvalue weighted by Gasteiger charge is -2.33. The van der Waals surface area contributed by atoms with Crippen molar-refractivity contribution in [2.75, 3.05) is 0 Å². The van der Waals surface area contributed by atoms with Crippen LogP contribution in [0.1, 0.15) is 0 Å². The third kappa shape index (κ3) is 1.45. The molecule has 0 radical (unpaired) electrons. The number of hydrogen-bond acceptors (Lipinski definition) is 1. The van der Waals surface area contributed by atoms with Gasteiger partial charge in [0, 0.05) is 0 Å². The van der Waals surface area contributed by atoms with Gasteiger partial charge in [0.05, 0.1) is 0 Å². The molecule has 0 aliphatic carbocycles. The quantitative estimate of drug-likeness (QED) is 0.522. The van der Waals surface area contributed by atoms with Crippen molar-refractivity contribution in [1.29, 1.82) is 0 Å². The first kappa shape index (κ1) is 7.92. The lowest BCUT2D eigenvalue weighted by atomic mass is 9.64. The number of nitrogens with zero attached hydrogens (tertiary/aromatic N) is 1. The zero-order valence-corrected chi connectivity index (χ0v) is 8.39. The van der Waals surface area contributed by atoms with Crippen LogP contribution >= 0.6 is 0 Å². The molecule has 0 saturated heterocycles. The van der Waals surface area contributed by atoms with Crippen LogP contribution in [0.15, 0.2) is 12.3 Å². The second kappa shape index (κ2) is 2.46. The molecule has 0 aromatic carbocycles. The molecule has 1 aliphatic heterocycles. The Labute approximate surface area is 65.3 Å². The number of rotatable bonds is 1. The van der Waals surface area contributed by atoms with Crippen molar-refractivity contribution in [3.8, 4) is 0 Å². The number of allylic oxidation sites excluding steroid dienone is 1. The third-order valence-corrected chi connectivity index (χ3v) is 4.13. The lowest BCUT2D eigenvalue weighted by molar-refractivity contribution is 0.878. The fourth-order valence-electron chi connectivity index (χ4n) is 1.52. The van der Waals surface area contributed by atoms with Crippen molar-refractivity contribution < 1.29 is 0 Å². The highest BCUT2D eigenvalue weighted by molar-refractivity contribution is 6.83. The molecular weight excluding hydrogens is 137 g/mol.